The number of carboxylic acid groups (broad SMARTS) is 1. The average molecular weight is 385 g/mol. The summed E-state index contributed by atoms with van der Waals surface area (Å²) < 4.78 is 8.63. The third-order valence-corrected chi connectivity index (χ3v) is 3.88. The second-order valence-corrected chi connectivity index (χ2v) is 6.45. The Labute approximate surface area is 155 Å². The van der Waals surface area contributed by atoms with Crippen LogP contribution in [0.25, 0.3) is 0 Å². The van der Waals surface area contributed by atoms with E-state index in [0.29, 0.717) is 30.8 Å². The molecule has 0 bridgehead atoms. The van der Waals surface area contributed by atoms with Crippen molar-refractivity contribution < 1.29 is 24.5 Å². The number of para-hydroxylation sites is 1. The molecule has 134 valence electrons. The van der Waals surface area contributed by atoms with E-state index in [1.165, 1.54) is 6.07 Å². The molecule has 2 N–H and O–H groups in total. The first-order valence-corrected chi connectivity index (χ1v) is 8.42. The van der Waals surface area contributed by atoms with Crippen molar-refractivity contribution in [1.29, 1.82) is 0 Å². The molecule has 2 aromatic rings. The van der Waals surface area contributed by atoms with Crippen molar-refractivity contribution in [2.75, 3.05) is 6.61 Å². The molecule has 0 heterocycles. The summed E-state index contributed by atoms with van der Waals surface area (Å²) in [5, 5.41) is 19.0. The number of hydrogen-bond acceptors (Lipinski definition) is 4. The van der Waals surface area contributed by atoms with Gasteiger partial charge in [0.2, 0.25) is 0 Å². The summed E-state index contributed by atoms with van der Waals surface area (Å²) >= 11 is 11.7. The van der Waals surface area contributed by atoms with Crippen molar-refractivity contribution in [3.05, 3.63) is 59.2 Å². The molecule has 0 fully saturated rings. The predicted molar refractivity (Wildman–Crippen MR) is 95.6 cm³/mol. The highest BCUT2D eigenvalue weighted by atomic mass is 35.5. The molecule has 0 radical (unpaired) electrons. The van der Waals surface area contributed by atoms with Crippen LogP contribution in [0.4, 0.5) is 0 Å². The Morgan fingerprint density at radius 2 is 1.80 bits per heavy atom. The first-order chi connectivity index (χ1) is 11.8. The molecule has 0 aliphatic carbocycles. The van der Waals surface area contributed by atoms with Gasteiger partial charge in [0.15, 0.2) is 0 Å². The van der Waals surface area contributed by atoms with Crippen molar-refractivity contribution in [2.45, 2.75) is 24.5 Å². The molecule has 0 atom stereocenters. The van der Waals surface area contributed by atoms with Crippen LogP contribution >= 0.6 is 23.2 Å². The van der Waals surface area contributed by atoms with Crippen molar-refractivity contribution in [1.82, 2.24) is 0 Å². The highest BCUT2D eigenvalue weighted by Crippen LogP contribution is 2.28. The zero-order valence-electron chi connectivity index (χ0n) is 13.5. The molecular formula is C18H18Cl2O5. The van der Waals surface area contributed by atoms with Crippen molar-refractivity contribution in [2.24, 2.45) is 0 Å². The van der Waals surface area contributed by atoms with Gasteiger partial charge >= 0.3 is 10.7 Å². The van der Waals surface area contributed by atoms with Crippen LogP contribution in [0, 0.1) is 0 Å². The maximum atomic E-state index is 11.0. The number of carbonyl (C=O) groups is 1. The van der Waals surface area contributed by atoms with Gasteiger partial charge in [-0.25, -0.2) is 4.79 Å². The molecule has 0 amide bonds. The summed E-state index contributed by atoms with van der Waals surface area (Å²) in [4.78, 5) is 11.0. The minimum absolute atomic E-state index is 0.0993. The van der Waals surface area contributed by atoms with Gasteiger partial charge in [-0.05, 0) is 72.3 Å². The van der Waals surface area contributed by atoms with Gasteiger partial charge in [0.05, 0.1) is 6.61 Å². The Morgan fingerprint density at radius 1 is 1.12 bits per heavy atom. The summed E-state index contributed by atoms with van der Waals surface area (Å²) in [5.74, 6) is -0.889. The molecule has 0 unspecified atom stereocenters. The minimum atomic E-state index is -1.74. The second-order valence-electron chi connectivity index (χ2n) is 5.26. The topological polar surface area (TPSA) is 76.0 Å². The molecule has 0 saturated heterocycles. The Hall–Kier alpha value is -1.95. The van der Waals surface area contributed by atoms with E-state index in [-0.39, 0.29) is 11.3 Å². The number of aromatic carboxylic acids is 1. The molecular weight excluding hydrogens is 367 g/mol. The van der Waals surface area contributed by atoms with Crippen LogP contribution < -0.4 is 4.74 Å². The number of aromatic hydroxyl groups is 1. The second kappa shape index (κ2) is 8.43. The zero-order chi connectivity index (χ0) is 18.4. The SMILES string of the molecule is CCOC(Cl)(Cl)Oc1ccc(CCc2cccc(C(=O)O)c2O)cc1. The van der Waals surface area contributed by atoms with E-state index in [1.807, 2.05) is 12.1 Å². The van der Waals surface area contributed by atoms with Crippen molar-refractivity contribution in [3.63, 3.8) is 0 Å². The number of ether oxygens (including phenoxy) is 2. The smallest absolute Gasteiger partial charge is 0.375 e. The highest BCUT2D eigenvalue weighted by molar-refractivity contribution is 6.46. The fourth-order valence-electron chi connectivity index (χ4n) is 2.30. The van der Waals surface area contributed by atoms with Gasteiger partial charge in [-0.1, -0.05) is 24.3 Å². The maximum Gasteiger partial charge on any atom is 0.375 e. The van der Waals surface area contributed by atoms with Crippen LogP contribution in [0.3, 0.4) is 0 Å². The lowest BCUT2D eigenvalue weighted by Crippen LogP contribution is -2.25. The van der Waals surface area contributed by atoms with Gasteiger partial charge in [-0.15, -0.1) is 0 Å². The largest absolute Gasteiger partial charge is 0.507 e. The van der Waals surface area contributed by atoms with Crippen molar-refractivity contribution in [3.8, 4) is 11.5 Å². The lowest BCUT2D eigenvalue weighted by molar-refractivity contribution is -0.0499. The van der Waals surface area contributed by atoms with E-state index in [1.54, 1.807) is 31.2 Å². The Morgan fingerprint density at radius 3 is 2.40 bits per heavy atom. The van der Waals surface area contributed by atoms with Gasteiger partial charge in [-0.2, -0.15) is 0 Å². The van der Waals surface area contributed by atoms with Crippen LogP contribution in [0.2, 0.25) is 0 Å². The molecule has 2 rings (SSSR count). The Bertz CT molecular complexity index is 729. The molecule has 5 nitrogen and oxygen atoms in total. The fourth-order valence-corrected chi connectivity index (χ4v) is 2.70. The average Bonchev–Trinajstić information content (AvgIpc) is 2.54. The summed E-state index contributed by atoms with van der Waals surface area (Å²) in [5.41, 5.74) is 1.47. The van der Waals surface area contributed by atoms with Gasteiger partial charge in [0.25, 0.3) is 0 Å². The van der Waals surface area contributed by atoms with E-state index < -0.39 is 10.7 Å². The fraction of sp³-hybridized carbons (Fsp3) is 0.278. The third-order valence-electron chi connectivity index (χ3n) is 3.51. The number of hydrogen-bond donors (Lipinski definition) is 2. The number of aryl methyl sites for hydroxylation is 2. The van der Waals surface area contributed by atoms with Crippen LogP contribution in [-0.2, 0) is 17.6 Å². The Balaban J connectivity index is 2.01. The molecule has 0 aliphatic heterocycles. The highest BCUT2D eigenvalue weighted by Gasteiger charge is 2.26. The quantitative estimate of drug-likeness (QED) is 0.521. The van der Waals surface area contributed by atoms with Crippen molar-refractivity contribution >= 4 is 29.2 Å². The molecule has 25 heavy (non-hydrogen) atoms. The summed E-state index contributed by atoms with van der Waals surface area (Å²) in [6, 6.07) is 11.8. The van der Waals surface area contributed by atoms with E-state index >= 15 is 0 Å². The van der Waals surface area contributed by atoms with Crippen LogP contribution in [-0.4, -0.2) is 27.5 Å². The molecule has 2 aromatic carbocycles. The molecule has 7 heteroatoms. The maximum absolute atomic E-state index is 11.0. The normalized spacial score (nSPS) is 11.3. The van der Waals surface area contributed by atoms with Crippen LogP contribution in [0.15, 0.2) is 42.5 Å². The van der Waals surface area contributed by atoms with Gasteiger partial charge in [0, 0.05) is 0 Å². The zero-order valence-corrected chi connectivity index (χ0v) is 15.0. The molecule has 0 saturated carbocycles. The number of rotatable bonds is 8. The molecule has 0 aromatic heterocycles. The number of alkyl halides is 2. The monoisotopic (exact) mass is 384 g/mol. The number of carboxylic acids is 1. The predicted octanol–water partition coefficient (Wildman–Crippen LogP) is 4.38. The first-order valence-electron chi connectivity index (χ1n) is 7.66. The number of phenols is 1. The lowest BCUT2D eigenvalue weighted by Gasteiger charge is -2.20. The third kappa shape index (κ3) is 5.53. The number of benzene rings is 2. The first kappa shape index (κ1) is 19.4. The summed E-state index contributed by atoms with van der Waals surface area (Å²) in [7, 11) is 0. The van der Waals surface area contributed by atoms with Gasteiger partial charge < -0.3 is 19.7 Å². The molecule has 0 spiro atoms. The van der Waals surface area contributed by atoms with Crippen LogP contribution in [0.5, 0.6) is 11.5 Å². The standard InChI is InChI=1S/C18H18Cl2O5/c1-2-24-18(19,20)25-14-10-7-12(8-11-14)6-9-13-4-3-5-15(16(13)21)17(22)23/h3-5,7-8,10-11,21H,2,6,9H2,1H3,(H,22,23). The van der Waals surface area contributed by atoms with Crippen LogP contribution in [0.1, 0.15) is 28.4 Å². The Kier molecular flexibility index (Phi) is 6.53. The summed E-state index contributed by atoms with van der Waals surface area (Å²) in [6.07, 6.45) is 1.12. The van der Waals surface area contributed by atoms with E-state index in [9.17, 15) is 9.90 Å². The van der Waals surface area contributed by atoms with Gasteiger partial charge in [0.1, 0.15) is 17.1 Å². The molecule has 0 aliphatic rings. The van der Waals surface area contributed by atoms with E-state index in [2.05, 4.69) is 0 Å². The minimum Gasteiger partial charge on any atom is -0.507 e. The van der Waals surface area contributed by atoms with E-state index in [0.717, 1.165) is 5.56 Å². The lowest BCUT2D eigenvalue weighted by atomic mass is 10.0. The van der Waals surface area contributed by atoms with E-state index in [4.69, 9.17) is 37.8 Å². The summed E-state index contributed by atoms with van der Waals surface area (Å²) in [6.45, 7) is 2.06. The van der Waals surface area contributed by atoms with Gasteiger partial charge in [-0.3, -0.25) is 0 Å². The number of halogens is 2.